The molecule has 0 spiro atoms. The average molecular weight is 368 g/mol. The third-order valence-corrected chi connectivity index (χ3v) is 8.13. The van der Waals surface area contributed by atoms with Gasteiger partial charge in [-0.25, -0.2) is 4.98 Å². The van der Waals surface area contributed by atoms with Gasteiger partial charge in [-0.1, -0.05) is 19.1 Å². The number of aromatic nitrogens is 1. The highest BCUT2D eigenvalue weighted by atomic mass is 32.1. The van der Waals surface area contributed by atoms with E-state index in [0.717, 1.165) is 49.0 Å². The Morgan fingerprint density at radius 1 is 1.31 bits per heavy atom. The van der Waals surface area contributed by atoms with Gasteiger partial charge in [0, 0.05) is 18.0 Å². The van der Waals surface area contributed by atoms with Crippen molar-refractivity contribution < 1.29 is 5.11 Å². The van der Waals surface area contributed by atoms with E-state index in [4.69, 9.17) is 4.98 Å². The maximum atomic E-state index is 11.1. The summed E-state index contributed by atoms with van der Waals surface area (Å²) in [5.74, 6) is 0.932. The summed E-state index contributed by atoms with van der Waals surface area (Å²) in [5, 5.41) is 21.9. The first-order valence-corrected chi connectivity index (χ1v) is 10.6. The molecule has 4 fully saturated rings. The first-order chi connectivity index (χ1) is 12.6. The van der Waals surface area contributed by atoms with Gasteiger partial charge in [0.2, 0.25) is 0 Å². The zero-order valence-corrected chi connectivity index (χ0v) is 16.0. The molecular formula is C21H25N3OS. The Bertz CT molecular complexity index is 823. The van der Waals surface area contributed by atoms with E-state index in [1.807, 2.05) is 6.07 Å². The smallest absolute Gasteiger partial charge is 0.108 e. The van der Waals surface area contributed by atoms with Crippen molar-refractivity contribution in [2.45, 2.75) is 69.7 Å². The fourth-order valence-electron chi connectivity index (χ4n) is 5.92. The summed E-state index contributed by atoms with van der Waals surface area (Å²) in [6.45, 7) is 2.18. The molecule has 3 heterocycles. The van der Waals surface area contributed by atoms with Crippen LogP contribution in [0.3, 0.4) is 0 Å². The fraction of sp³-hybridized carbons (Fsp3) is 0.619. The molecule has 2 aromatic rings. The second-order valence-corrected chi connectivity index (χ2v) is 9.80. The summed E-state index contributed by atoms with van der Waals surface area (Å²) < 4.78 is 1.22. The van der Waals surface area contributed by atoms with Gasteiger partial charge in [-0.05, 0) is 56.6 Å². The average Bonchev–Trinajstić information content (AvgIpc) is 3.05. The Hall–Kier alpha value is -1.48. The molecule has 4 bridgehead atoms. The van der Waals surface area contributed by atoms with Gasteiger partial charge in [-0.3, -0.25) is 4.90 Å². The van der Waals surface area contributed by atoms with Gasteiger partial charge in [0.25, 0.3) is 0 Å². The van der Waals surface area contributed by atoms with Crippen LogP contribution in [0, 0.1) is 22.7 Å². The lowest BCUT2D eigenvalue weighted by Gasteiger charge is -2.60. The number of nitriles is 1. The lowest BCUT2D eigenvalue weighted by Crippen LogP contribution is -2.64. The Morgan fingerprint density at radius 3 is 2.73 bits per heavy atom. The van der Waals surface area contributed by atoms with Crippen LogP contribution in [0.2, 0.25) is 0 Å². The molecule has 4 atom stereocenters. The number of piperidine rings is 2. The topological polar surface area (TPSA) is 60.1 Å². The Kier molecular flexibility index (Phi) is 3.86. The van der Waals surface area contributed by atoms with Crippen molar-refractivity contribution in [3.05, 3.63) is 29.3 Å². The largest absolute Gasteiger partial charge is 0.378 e. The zero-order valence-electron chi connectivity index (χ0n) is 15.1. The van der Waals surface area contributed by atoms with Crippen LogP contribution in [-0.2, 0) is 0 Å². The van der Waals surface area contributed by atoms with Gasteiger partial charge in [0.1, 0.15) is 6.23 Å². The van der Waals surface area contributed by atoms with E-state index in [1.165, 1.54) is 4.70 Å². The third-order valence-electron chi connectivity index (χ3n) is 6.86. The molecule has 1 N–H and O–H groups in total. The summed E-state index contributed by atoms with van der Waals surface area (Å²) >= 11 is 1.74. The molecule has 0 radical (unpaired) electrons. The van der Waals surface area contributed by atoms with Gasteiger partial charge in [-0.15, -0.1) is 11.3 Å². The predicted molar refractivity (Wildman–Crippen MR) is 103 cm³/mol. The van der Waals surface area contributed by atoms with E-state index in [-0.39, 0.29) is 11.3 Å². The van der Waals surface area contributed by atoms with Crippen LogP contribution in [0.1, 0.15) is 56.4 Å². The monoisotopic (exact) mass is 367 g/mol. The summed E-state index contributed by atoms with van der Waals surface area (Å²) in [7, 11) is 0. The van der Waals surface area contributed by atoms with E-state index in [9.17, 15) is 10.4 Å². The van der Waals surface area contributed by atoms with Crippen LogP contribution >= 0.6 is 11.3 Å². The summed E-state index contributed by atoms with van der Waals surface area (Å²) in [4.78, 5) is 7.13. The predicted octanol–water partition coefficient (Wildman–Crippen LogP) is 4.26. The van der Waals surface area contributed by atoms with Gasteiger partial charge >= 0.3 is 0 Å². The molecule has 2 aliphatic carbocycles. The Morgan fingerprint density at radius 2 is 2.04 bits per heavy atom. The number of aliphatic hydroxyl groups is 1. The third kappa shape index (κ3) is 2.58. The highest BCUT2D eigenvalue weighted by Gasteiger charge is 2.56. The van der Waals surface area contributed by atoms with Gasteiger partial charge in [-0.2, -0.15) is 5.26 Å². The SMILES string of the molecule is CC(CC(O)N1C2CC3CC1CC(C#N)(C3)C2)c1nc2ccccc2s1. The normalized spacial score (nSPS) is 35.5. The number of nitrogens with zero attached hydrogens (tertiary/aromatic N) is 3. The summed E-state index contributed by atoms with van der Waals surface area (Å²) in [6.07, 6.45) is 5.59. The fourth-order valence-corrected chi connectivity index (χ4v) is 6.95. The molecule has 6 rings (SSSR count). The van der Waals surface area contributed by atoms with Gasteiger partial charge in [0.05, 0.1) is 26.7 Å². The van der Waals surface area contributed by atoms with Crippen LogP contribution in [0.15, 0.2) is 24.3 Å². The maximum absolute atomic E-state index is 11.1. The molecule has 1 aromatic heterocycles. The molecule has 26 heavy (non-hydrogen) atoms. The minimum absolute atomic E-state index is 0.106. The van der Waals surface area contributed by atoms with Crippen molar-refractivity contribution in [1.82, 2.24) is 9.88 Å². The van der Waals surface area contributed by atoms with E-state index >= 15 is 0 Å². The molecule has 1 aromatic carbocycles. The number of benzene rings is 1. The number of thiazole rings is 1. The number of hydrogen-bond acceptors (Lipinski definition) is 5. The van der Waals surface area contributed by atoms with E-state index in [1.54, 1.807) is 11.3 Å². The van der Waals surface area contributed by atoms with Crippen molar-refractivity contribution >= 4 is 21.6 Å². The highest BCUT2D eigenvalue weighted by Crippen LogP contribution is 2.56. The molecule has 5 heteroatoms. The molecule has 4 nitrogen and oxygen atoms in total. The molecule has 0 amide bonds. The van der Waals surface area contributed by atoms with Crippen LogP contribution in [-0.4, -0.2) is 33.3 Å². The minimum Gasteiger partial charge on any atom is -0.378 e. The zero-order chi connectivity index (χ0) is 17.9. The summed E-state index contributed by atoms with van der Waals surface area (Å²) in [6, 6.07) is 11.7. The number of aliphatic hydroxyl groups excluding tert-OH is 1. The number of fused-ring (bicyclic) bond motifs is 1. The second kappa shape index (κ2) is 6.02. The Balaban J connectivity index is 1.33. The number of hydrogen-bond donors (Lipinski definition) is 1. The maximum Gasteiger partial charge on any atom is 0.108 e. The van der Waals surface area contributed by atoms with Crippen LogP contribution in [0.5, 0.6) is 0 Å². The highest BCUT2D eigenvalue weighted by molar-refractivity contribution is 7.18. The first kappa shape index (κ1) is 16.7. The standard InChI is InChI=1S/C21H25N3OS/c1-13(20-23-17-4-2-3-5-18(17)26-20)6-19(25)24-15-7-14-8-16(24)11-21(9-14,10-15)12-22/h2-5,13-16,19,25H,6-11H2,1H3. The second-order valence-electron chi connectivity index (χ2n) is 8.73. The Labute approximate surface area is 158 Å². The van der Waals surface area contributed by atoms with Crippen molar-refractivity contribution in [1.29, 1.82) is 5.26 Å². The van der Waals surface area contributed by atoms with Crippen molar-refractivity contribution in [2.24, 2.45) is 11.3 Å². The number of rotatable bonds is 4. The van der Waals surface area contributed by atoms with E-state index < -0.39 is 6.23 Å². The quantitative estimate of drug-likeness (QED) is 0.877. The molecule has 4 unspecified atom stereocenters. The van der Waals surface area contributed by atoms with Crippen molar-refractivity contribution in [3.8, 4) is 6.07 Å². The molecule has 2 aliphatic heterocycles. The molecule has 2 saturated heterocycles. The van der Waals surface area contributed by atoms with Gasteiger partial charge < -0.3 is 5.11 Å². The molecule has 136 valence electrons. The number of para-hydroxylation sites is 1. The molecule has 4 aliphatic rings. The molecule has 2 saturated carbocycles. The van der Waals surface area contributed by atoms with Crippen LogP contribution in [0.4, 0.5) is 0 Å². The lowest BCUT2D eigenvalue weighted by atomic mass is 9.56. The van der Waals surface area contributed by atoms with E-state index in [0.29, 0.717) is 18.0 Å². The van der Waals surface area contributed by atoms with Crippen molar-refractivity contribution in [2.75, 3.05) is 0 Å². The van der Waals surface area contributed by atoms with E-state index in [2.05, 4.69) is 36.1 Å². The van der Waals surface area contributed by atoms with Crippen LogP contribution in [0.25, 0.3) is 10.2 Å². The van der Waals surface area contributed by atoms with Crippen LogP contribution < -0.4 is 0 Å². The lowest BCUT2D eigenvalue weighted by molar-refractivity contribution is -0.158. The van der Waals surface area contributed by atoms with Gasteiger partial charge in [0.15, 0.2) is 0 Å². The van der Waals surface area contributed by atoms with Crippen molar-refractivity contribution in [3.63, 3.8) is 0 Å². The summed E-state index contributed by atoms with van der Waals surface area (Å²) in [5.41, 5.74) is 0.950. The molecular weight excluding hydrogens is 342 g/mol. The first-order valence-electron chi connectivity index (χ1n) is 9.79. The minimum atomic E-state index is -0.428.